The standard InChI is InChI=1S/C18H13ClF3NO7.C14H16N6O6S/c1-2-28-16(24)9-29-17(25)12-8-11(4-5-14(12)23(26)27)30-15-6-3-10(7-13(15)19)18(20,21)22;1-3-26-14-18-11(15-2)16-12(19-14)17-13(23)20-27(24,25)9-7-5-4-6-8(9)10(21)22/h3-8H,2,9H2,1H3;4-7H,3H2,1-2H3,(H,21,22)(H3,15,16,17,18,19,20,23). The number of hydrogen-bond acceptors (Lipinski definition) is 16. The van der Waals surface area contributed by atoms with Crippen LogP contribution in [0.15, 0.2) is 65.6 Å². The molecule has 4 rings (SSSR count). The Bertz CT molecular complexity index is 2270. The number of amides is 2. The Labute approximate surface area is 324 Å². The van der Waals surface area contributed by atoms with Gasteiger partial charge in [-0.1, -0.05) is 23.7 Å². The zero-order valence-corrected chi connectivity index (χ0v) is 31.0. The smallest absolute Gasteiger partial charge is 0.416 e. The van der Waals surface area contributed by atoms with E-state index in [0.29, 0.717) is 6.07 Å². The maximum atomic E-state index is 12.7. The van der Waals surface area contributed by atoms with E-state index in [-0.39, 0.29) is 47.6 Å². The van der Waals surface area contributed by atoms with Crippen molar-refractivity contribution < 1.29 is 69.7 Å². The van der Waals surface area contributed by atoms with Gasteiger partial charge in [0.05, 0.1) is 34.3 Å². The predicted molar refractivity (Wildman–Crippen MR) is 190 cm³/mol. The molecule has 0 atom stereocenters. The van der Waals surface area contributed by atoms with Gasteiger partial charge in [-0.3, -0.25) is 15.4 Å². The fourth-order valence-electron chi connectivity index (χ4n) is 4.09. The van der Waals surface area contributed by atoms with E-state index in [0.717, 1.165) is 42.5 Å². The number of benzene rings is 3. The number of carbonyl (C=O) groups excluding carboxylic acids is 3. The van der Waals surface area contributed by atoms with Crippen LogP contribution in [0.4, 0.5) is 35.5 Å². The zero-order chi connectivity index (χ0) is 42.5. The molecule has 0 radical (unpaired) electrons. The van der Waals surface area contributed by atoms with Crippen molar-refractivity contribution >= 4 is 63.1 Å². The zero-order valence-electron chi connectivity index (χ0n) is 29.4. The average molecular weight is 844 g/mol. The molecule has 0 aliphatic carbocycles. The van der Waals surface area contributed by atoms with E-state index in [2.05, 4.69) is 30.3 Å². The largest absolute Gasteiger partial charge is 0.478 e. The van der Waals surface area contributed by atoms with Gasteiger partial charge >= 0.3 is 36.1 Å². The summed E-state index contributed by atoms with van der Waals surface area (Å²) in [4.78, 5) is 68.0. The molecular formula is C32H29ClF3N7O13S. The summed E-state index contributed by atoms with van der Waals surface area (Å²) in [6, 6.07) is 8.95. The summed E-state index contributed by atoms with van der Waals surface area (Å²) < 4.78 is 84.3. The van der Waals surface area contributed by atoms with Gasteiger partial charge in [-0.25, -0.2) is 32.3 Å². The molecule has 0 unspecified atom stereocenters. The second kappa shape index (κ2) is 19.7. The van der Waals surface area contributed by atoms with Crippen LogP contribution in [0.2, 0.25) is 5.02 Å². The van der Waals surface area contributed by atoms with Crippen molar-refractivity contribution in [3.63, 3.8) is 0 Å². The molecule has 0 saturated heterocycles. The van der Waals surface area contributed by atoms with Crippen LogP contribution in [0.25, 0.3) is 0 Å². The molecule has 0 aliphatic rings. The van der Waals surface area contributed by atoms with Gasteiger partial charge in [0.25, 0.3) is 15.7 Å². The molecule has 0 spiro atoms. The van der Waals surface area contributed by atoms with Crippen LogP contribution in [0.1, 0.15) is 40.1 Å². The summed E-state index contributed by atoms with van der Waals surface area (Å²) in [7, 11) is -2.92. The SMILES string of the molecule is CCOC(=O)COC(=O)c1cc(Oc2ccc(C(F)(F)F)cc2Cl)ccc1[N+](=O)[O-].CCOc1nc(NC)nc(NC(=O)NS(=O)(=O)c2ccccc2C(=O)O)n1. The Morgan fingerprint density at radius 1 is 0.930 bits per heavy atom. The van der Waals surface area contributed by atoms with Crippen molar-refractivity contribution in [2.45, 2.75) is 24.9 Å². The Hall–Kier alpha value is -6.82. The topological polar surface area (TPSA) is 277 Å². The number of rotatable bonds is 14. The number of anilines is 2. The number of carboxylic acid groups (broad SMARTS) is 1. The Balaban J connectivity index is 0.000000307. The third-order valence-corrected chi connectivity index (χ3v) is 8.15. The lowest BCUT2D eigenvalue weighted by molar-refractivity contribution is -0.385. The monoisotopic (exact) mass is 843 g/mol. The Kier molecular flexibility index (Phi) is 15.4. The molecule has 0 bridgehead atoms. The Morgan fingerprint density at radius 3 is 2.21 bits per heavy atom. The van der Waals surface area contributed by atoms with Crippen LogP contribution in [0.5, 0.6) is 17.5 Å². The van der Waals surface area contributed by atoms with Gasteiger partial charge in [0.1, 0.15) is 22.0 Å². The number of urea groups is 1. The molecular weight excluding hydrogens is 815 g/mol. The molecule has 1 aromatic heterocycles. The fraction of sp³-hybridized carbons (Fsp3) is 0.219. The number of nitro groups is 1. The van der Waals surface area contributed by atoms with Gasteiger partial charge in [0, 0.05) is 19.2 Å². The molecule has 3 aromatic carbocycles. The minimum Gasteiger partial charge on any atom is -0.478 e. The number of ether oxygens (including phenoxy) is 4. The van der Waals surface area contributed by atoms with E-state index in [1.54, 1.807) is 11.6 Å². The molecule has 4 N–H and O–H groups in total. The summed E-state index contributed by atoms with van der Waals surface area (Å²) in [6.07, 6.45) is -4.61. The van der Waals surface area contributed by atoms with E-state index >= 15 is 0 Å². The highest BCUT2D eigenvalue weighted by molar-refractivity contribution is 7.90. The van der Waals surface area contributed by atoms with Gasteiger partial charge in [-0.2, -0.15) is 28.1 Å². The predicted octanol–water partition coefficient (Wildman–Crippen LogP) is 5.30. The number of hydrogen-bond donors (Lipinski definition) is 4. The van der Waals surface area contributed by atoms with Crippen molar-refractivity contribution in [2.24, 2.45) is 0 Å². The molecule has 1 heterocycles. The molecule has 20 nitrogen and oxygen atoms in total. The van der Waals surface area contributed by atoms with Crippen LogP contribution in [-0.2, 0) is 30.5 Å². The average Bonchev–Trinajstić information content (AvgIpc) is 3.14. The van der Waals surface area contributed by atoms with E-state index in [1.807, 2.05) is 0 Å². The Morgan fingerprint density at radius 2 is 1.61 bits per heavy atom. The highest BCUT2D eigenvalue weighted by atomic mass is 35.5. The van der Waals surface area contributed by atoms with Crippen molar-refractivity contribution in [3.8, 4) is 17.5 Å². The number of carbonyl (C=O) groups is 4. The van der Waals surface area contributed by atoms with Gasteiger partial charge in [0.15, 0.2) is 6.61 Å². The quantitative estimate of drug-likeness (QED) is 0.0712. The minimum atomic E-state index is -4.61. The third kappa shape index (κ3) is 12.9. The summed E-state index contributed by atoms with van der Waals surface area (Å²) in [5.74, 6) is -3.99. The fourth-order valence-corrected chi connectivity index (χ4v) is 5.42. The number of nitro benzene ring substituents is 1. The summed E-state index contributed by atoms with van der Waals surface area (Å²) in [6.45, 7) is 2.79. The molecule has 304 valence electrons. The molecule has 0 saturated carbocycles. The lowest BCUT2D eigenvalue weighted by Gasteiger charge is -2.12. The van der Waals surface area contributed by atoms with Gasteiger partial charge in [-0.15, -0.1) is 0 Å². The van der Waals surface area contributed by atoms with Crippen LogP contribution >= 0.6 is 11.6 Å². The maximum absolute atomic E-state index is 12.7. The first-order valence-electron chi connectivity index (χ1n) is 15.7. The third-order valence-electron chi connectivity index (χ3n) is 6.47. The summed E-state index contributed by atoms with van der Waals surface area (Å²) in [5, 5.41) is 24.7. The van der Waals surface area contributed by atoms with E-state index in [1.165, 1.54) is 26.1 Å². The van der Waals surface area contributed by atoms with Crippen molar-refractivity contribution in [3.05, 3.63) is 92.5 Å². The number of nitrogens with zero attached hydrogens (tertiary/aromatic N) is 4. The highest BCUT2D eigenvalue weighted by Gasteiger charge is 2.31. The van der Waals surface area contributed by atoms with E-state index in [9.17, 15) is 50.9 Å². The molecule has 25 heteroatoms. The van der Waals surface area contributed by atoms with Crippen molar-refractivity contribution in [1.29, 1.82) is 0 Å². The number of esters is 2. The van der Waals surface area contributed by atoms with Gasteiger partial charge in [-0.05, 0) is 50.2 Å². The van der Waals surface area contributed by atoms with Crippen LogP contribution in [-0.4, -0.2) is 84.2 Å². The molecule has 57 heavy (non-hydrogen) atoms. The first-order chi connectivity index (χ1) is 26.8. The highest BCUT2D eigenvalue weighted by Crippen LogP contribution is 2.37. The molecule has 0 aliphatic heterocycles. The number of alkyl halides is 3. The van der Waals surface area contributed by atoms with E-state index in [4.69, 9.17) is 30.9 Å². The van der Waals surface area contributed by atoms with Crippen LogP contribution < -0.4 is 24.8 Å². The first-order valence-corrected chi connectivity index (χ1v) is 17.5. The second-order valence-corrected chi connectivity index (χ2v) is 12.4. The normalized spacial score (nSPS) is 10.9. The van der Waals surface area contributed by atoms with Crippen LogP contribution in [0.3, 0.4) is 0 Å². The number of carboxylic acids is 1. The van der Waals surface area contributed by atoms with Gasteiger partial charge < -0.3 is 29.4 Å². The molecule has 0 fully saturated rings. The lowest BCUT2D eigenvalue weighted by atomic mass is 10.1. The van der Waals surface area contributed by atoms with Crippen LogP contribution in [0, 0.1) is 10.1 Å². The van der Waals surface area contributed by atoms with Crippen molar-refractivity contribution in [1.82, 2.24) is 19.7 Å². The summed E-state index contributed by atoms with van der Waals surface area (Å²) >= 11 is 5.81. The number of sulfonamides is 1. The summed E-state index contributed by atoms with van der Waals surface area (Å²) in [5.41, 5.74) is -2.64. The first kappa shape index (κ1) is 44.6. The van der Waals surface area contributed by atoms with E-state index < -0.39 is 78.9 Å². The maximum Gasteiger partial charge on any atom is 0.416 e. The second-order valence-electron chi connectivity index (χ2n) is 10.4. The number of halogens is 4. The lowest BCUT2D eigenvalue weighted by Crippen LogP contribution is -2.35. The number of nitrogens with one attached hydrogen (secondary N) is 3. The minimum absolute atomic E-state index is 0.0493. The number of aromatic carboxylic acids is 1. The number of aromatic nitrogens is 3. The van der Waals surface area contributed by atoms with Crippen molar-refractivity contribution in [2.75, 3.05) is 37.5 Å². The van der Waals surface area contributed by atoms with Gasteiger partial charge in [0.2, 0.25) is 11.9 Å². The molecule has 4 aromatic rings. The molecule has 2 amide bonds.